The summed E-state index contributed by atoms with van der Waals surface area (Å²) < 4.78 is 35.3. The van der Waals surface area contributed by atoms with Crippen molar-refractivity contribution >= 4 is 22.1 Å². The first-order valence-electron chi connectivity index (χ1n) is 7.94. The molecule has 8 nitrogen and oxygen atoms in total. The van der Waals surface area contributed by atoms with Gasteiger partial charge in [0.1, 0.15) is 0 Å². The number of methoxy groups -OCH3 is 1. The van der Waals surface area contributed by atoms with E-state index in [2.05, 4.69) is 9.93 Å². The average molecular weight is 391 g/mol. The summed E-state index contributed by atoms with van der Waals surface area (Å²) in [5.74, 6) is 0.0689. The summed E-state index contributed by atoms with van der Waals surface area (Å²) in [6.07, 6.45) is 1.32. The van der Waals surface area contributed by atoms with Gasteiger partial charge in [0.25, 0.3) is 15.9 Å². The summed E-state index contributed by atoms with van der Waals surface area (Å²) in [6.45, 7) is 3.21. The predicted molar refractivity (Wildman–Crippen MR) is 102 cm³/mol. The van der Waals surface area contributed by atoms with Gasteiger partial charge in [0.15, 0.2) is 18.1 Å². The lowest BCUT2D eigenvalue weighted by Gasteiger charge is -2.10. The lowest BCUT2D eigenvalue weighted by molar-refractivity contribution is -0.119. The van der Waals surface area contributed by atoms with Crippen LogP contribution >= 0.6 is 0 Å². The van der Waals surface area contributed by atoms with Crippen molar-refractivity contribution in [3.05, 3.63) is 53.1 Å². The van der Waals surface area contributed by atoms with Crippen molar-refractivity contribution in [3.8, 4) is 11.5 Å². The normalized spacial score (nSPS) is 11.4. The van der Waals surface area contributed by atoms with Crippen molar-refractivity contribution in [1.29, 1.82) is 0 Å². The van der Waals surface area contributed by atoms with Crippen molar-refractivity contribution in [3.63, 3.8) is 0 Å². The number of hydrazone groups is 1. The molecule has 0 aromatic heterocycles. The van der Waals surface area contributed by atoms with Crippen LogP contribution < -0.4 is 20.0 Å². The van der Waals surface area contributed by atoms with Crippen LogP contribution in [-0.2, 0) is 14.8 Å². The monoisotopic (exact) mass is 391 g/mol. The van der Waals surface area contributed by atoms with Crippen LogP contribution in [0.4, 0.5) is 0 Å². The number of hydrogen-bond donors (Lipinski definition) is 2. The zero-order valence-corrected chi connectivity index (χ0v) is 16.0. The molecule has 1 amide bonds. The van der Waals surface area contributed by atoms with E-state index in [4.69, 9.17) is 15.2 Å². The lowest BCUT2D eigenvalue weighted by atomic mass is 10.2. The molecule has 0 aliphatic heterocycles. The molecule has 144 valence electrons. The Kier molecular flexibility index (Phi) is 6.40. The number of benzene rings is 2. The molecule has 0 aliphatic carbocycles. The van der Waals surface area contributed by atoms with Crippen LogP contribution in [0.15, 0.2) is 46.4 Å². The molecule has 0 spiro atoms. The summed E-state index contributed by atoms with van der Waals surface area (Å²) in [7, 11) is -2.34. The first-order chi connectivity index (χ1) is 12.7. The number of nitrogens with one attached hydrogen (secondary N) is 1. The van der Waals surface area contributed by atoms with Gasteiger partial charge in [-0.25, -0.2) is 4.83 Å². The van der Waals surface area contributed by atoms with E-state index in [1.165, 1.54) is 13.3 Å². The zero-order valence-electron chi connectivity index (χ0n) is 15.2. The second-order valence-electron chi connectivity index (χ2n) is 5.79. The van der Waals surface area contributed by atoms with E-state index in [9.17, 15) is 13.2 Å². The van der Waals surface area contributed by atoms with E-state index < -0.39 is 15.9 Å². The summed E-state index contributed by atoms with van der Waals surface area (Å²) in [4.78, 5) is 13.2. The standard InChI is InChI=1S/C18H21N3O5S/c1-12-4-5-13(2)17(8-12)27(23,24)21-20-10-14-6-7-15(25-3)16(9-14)26-11-18(19)22/h4-10,21H,11H2,1-3H3,(H2,19,22)/b20-10+. The highest BCUT2D eigenvalue weighted by atomic mass is 32.2. The van der Waals surface area contributed by atoms with Crippen LogP contribution in [0.2, 0.25) is 0 Å². The molecule has 0 saturated heterocycles. The van der Waals surface area contributed by atoms with Crippen molar-refractivity contribution in [2.75, 3.05) is 13.7 Å². The van der Waals surface area contributed by atoms with Gasteiger partial charge in [0.05, 0.1) is 18.2 Å². The Bertz CT molecular complexity index is 971. The van der Waals surface area contributed by atoms with Gasteiger partial charge in [-0.2, -0.15) is 13.5 Å². The van der Waals surface area contributed by atoms with Gasteiger partial charge in [-0.05, 0) is 54.8 Å². The number of aryl methyl sites for hydroxylation is 2. The first-order valence-corrected chi connectivity index (χ1v) is 9.42. The number of primary amides is 1. The molecule has 3 N–H and O–H groups in total. The van der Waals surface area contributed by atoms with Gasteiger partial charge in [-0.1, -0.05) is 12.1 Å². The topological polar surface area (TPSA) is 120 Å². The fourth-order valence-electron chi connectivity index (χ4n) is 2.25. The number of nitrogens with zero attached hydrogens (tertiary/aromatic N) is 1. The number of sulfonamides is 1. The Balaban J connectivity index is 2.18. The number of hydrogen-bond acceptors (Lipinski definition) is 6. The van der Waals surface area contributed by atoms with Gasteiger partial charge in [-0.15, -0.1) is 0 Å². The maximum absolute atomic E-state index is 12.4. The smallest absolute Gasteiger partial charge is 0.276 e. The average Bonchev–Trinajstić information content (AvgIpc) is 2.61. The van der Waals surface area contributed by atoms with E-state index in [1.54, 1.807) is 37.3 Å². The molecule has 0 unspecified atom stereocenters. The summed E-state index contributed by atoms with van der Waals surface area (Å²) in [5.41, 5.74) is 7.06. The van der Waals surface area contributed by atoms with Crippen molar-refractivity contribution in [2.45, 2.75) is 18.7 Å². The molecule has 0 aliphatic rings. The van der Waals surface area contributed by atoms with Gasteiger partial charge in [-0.3, -0.25) is 4.79 Å². The maximum Gasteiger partial charge on any atom is 0.276 e. The third-order valence-corrected chi connectivity index (χ3v) is 4.94. The molecule has 2 aromatic rings. The Hall–Kier alpha value is -3.07. The fourth-order valence-corrected chi connectivity index (χ4v) is 3.37. The van der Waals surface area contributed by atoms with Crippen LogP contribution in [0.5, 0.6) is 11.5 Å². The highest BCUT2D eigenvalue weighted by molar-refractivity contribution is 7.89. The minimum atomic E-state index is -3.79. The minimum absolute atomic E-state index is 0.167. The van der Waals surface area contributed by atoms with Crippen LogP contribution in [0, 0.1) is 13.8 Å². The quantitative estimate of drug-likeness (QED) is 0.522. The molecule has 2 aromatic carbocycles. The SMILES string of the molecule is COc1ccc(/C=N/NS(=O)(=O)c2cc(C)ccc2C)cc1OCC(N)=O. The Labute approximate surface area is 158 Å². The summed E-state index contributed by atoms with van der Waals surface area (Å²) >= 11 is 0. The molecular weight excluding hydrogens is 370 g/mol. The first kappa shape index (κ1) is 20.2. The second kappa shape index (κ2) is 8.54. The van der Waals surface area contributed by atoms with E-state index in [1.807, 2.05) is 13.0 Å². The molecule has 0 saturated carbocycles. The van der Waals surface area contributed by atoms with Crippen LogP contribution in [0.1, 0.15) is 16.7 Å². The minimum Gasteiger partial charge on any atom is -0.493 e. The zero-order chi connectivity index (χ0) is 20.0. The van der Waals surface area contributed by atoms with Crippen LogP contribution in [0.3, 0.4) is 0 Å². The number of amides is 1. The van der Waals surface area contributed by atoms with Gasteiger partial charge in [0.2, 0.25) is 0 Å². The number of rotatable bonds is 8. The number of nitrogens with two attached hydrogens (primary N) is 1. The highest BCUT2D eigenvalue weighted by Gasteiger charge is 2.16. The maximum atomic E-state index is 12.4. The number of carbonyl (C=O) groups is 1. The Morgan fingerprint density at radius 3 is 2.59 bits per heavy atom. The van der Waals surface area contributed by atoms with E-state index >= 15 is 0 Å². The molecule has 0 fully saturated rings. The largest absolute Gasteiger partial charge is 0.493 e. The van der Waals surface area contributed by atoms with Crippen molar-refractivity contribution < 1.29 is 22.7 Å². The third kappa shape index (κ3) is 5.45. The van der Waals surface area contributed by atoms with Gasteiger partial charge >= 0.3 is 0 Å². The Morgan fingerprint density at radius 2 is 1.93 bits per heavy atom. The predicted octanol–water partition coefficient (Wildman–Crippen LogP) is 1.49. The second-order valence-corrected chi connectivity index (χ2v) is 7.42. The van der Waals surface area contributed by atoms with Gasteiger partial charge in [0, 0.05) is 0 Å². The molecule has 2 rings (SSSR count). The highest BCUT2D eigenvalue weighted by Crippen LogP contribution is 2.27. The van der Waals surface area contributed by atoms with Crippen molar-refractivity contribution in [2.24, 2.45) is 10.8 Å². The lowest BCUT2D eigenvalue weighted by Crippen LogP contribution is -2.20. The molecular formula is C18H21N3O5S. The van der Waals surface area contributed by atoms with E-state index in [-0.39, 0.29) is 17.3 Å². The van der Waals surface area contributed by atoms with Crippen molar-refractivity contribution in [1.82, 2.24) is 4.83 Å². The van der Waals surface area contributed by atoms with E-state index in [0.717, 1.165) is 5.56 Å². The molecule has 0 bridgehead atoms. The molecule has 27 heavy (non-hydrogen) atoms. The molecule has 0 heterocycles. The van der Waals surface area contributed by atoms with Crippen LogP contribution in [0.25, 0.3) is 0 Å². The van der Waals surface area contributed by atoms with Gasteiger partial charge < -0.3 is 15.2 Å². The molecule has 0 atom stereocenters. The fraction of sp³-hybridized carbons (Fsp3) is 0.222. The molecule has 9 heteroatoms. The molecule has 0 radical (unpaired) electrons. The van der Waals surface area contributed by atoms with Crippen LogP contribution in [-0.4, -0.2) is 34.3 Å². The third-order valence-electron chi connectivity index (χ3n) is 3.58. The number of ether oxygens (including phenoxy) is 2. The van der Waals surface area contributed by atoms with E-state index in [0.29, 0.717) is 16.9 Å². The Morgan fingerprint density at radius 1 is 1.19 bits per heavy atom. The number of carbonyl (C=O) groups excluding carboxylic acids is 1. The summed E-state index contributed by atoms with van der Waals surface area (Å²) in [5, 5.41) is 3.80. The summed E-state index contributed by atoms with van der Waals surface area (Å²) in [6, 6.07) is 9.97.